The summed E-state index contributed by atoms with van der Waals surface area (Å²) in [6, 6.07) is 16.6. The van der Waals surface area contributed by atoms with Crippen LogP contribution in [0.5, 0.6) is 5.75 Å². The molecule has 0 aromatic heterocycles. The van der Waals surface area contributed by atoms with Gasteiger partial charge in [0.25, 0.3) is 0 Å². The lowest BCUT2D eigenvalue weighted by Gasteiger charge is -2.07. The Labute approximate surface area is 134 Å². The first-order chi connectivity index (χ1) is 10.7. The lowest BCUT2D eigenvalue weighted by atomic mass is 10.2. The summed E-state index contributed by atoms with van der Waals surface area (Å²) in [5, 5.41) is 16.1. The third kappa shape index (κ3) is 4.30. The maximum Gasteiger partial charge on any atom is 0.191 e. The Kier molecular flexibility index (Phi) is 5.46. The minimum atomic E-state index is 0.357. The smallest absolute Gasteiger partial charge is 0.191 e. The summed E-state index contributed by atoms with van der Waals surface area (Å²) < 4.78 is 5.23. The summed E-state index contributed by atoms with van der Waals surface area (Å²) in [5.74, 6) is 0.735. The molecule has 0 aliphatic carbocycles. The second kappa shape index (κ2) is 7.76. The highest BCUT2D eigenvalue weighted by molar-refractivity contribution is 7.80. The molecule has 0 aliphatic heterocycles. The van der Waals surface area contributed by atoms with Gasteiger partial charge in [-0.15, -0.1) is 0 Å². The largest absolute Gasteiger partial charge is 0.496 e. The highest BCUT2D eigenvalue weighted by Gasteiger charge is 1.99. The van der Waals surface area contributed by atoms with E-state index in [1.54, 1.807) is 37.6 Å². The van der Waals surface area contributed by atoms with Gasteiger partial charge in [-0.25, -0.2) is 0 Å². The first-order valence-corrected chi connectivity index (χ1v) is 6.87. The van der Waals surface area contributed by atoms with Crippen LogP contribution in [0.4, 0.5) is 5.69 Å². The summed E-state index contributed by atoms with van der Waals surface area (Å²) in [5.41, 5.74) is 4.95. The van der Waals surface area contributed by atoms with E-state index in [0.717, 1.165) is 17.0 Å². The van der Waals surface area contributed by atoms with Gasteiger partial charge < -0.3 is 10.1 Å². The van der Waals surface area contributed by atoms with Crippen molar-refractivity contribution >= 4 is 29.2 Å². The van der Waals surface area contributed by atoms with Crippen molar-refractivity contribution in [3.05, 3.63) is 59.7 Å². The van der Waals surface area contributed by atoms with Crippen LogP contribution >= 0.6 is 12.2 Å². The molecule has 0 radical (unpaired) electrons. The van der Waals surface area contributed by atoms with E-state index in [1.165, 1.54) is 0 Å². The van der Waals surface area contributed by atoms with E-state index in [-0.39, 0.29) is 0 Å². The zero-order valence-electron chi connectivity index (χ0n) is 11.9. The van der Waals surface area contributed by atoms with Crippen LogP contribution in [0.25, 0.3) is 0 Å². The molecular weight excluding hydrogens is 296 g/mol. The van der Waals surface area contributed by atoms with Crippen LogP contribution in [-0.2, 0) is 0 Å². The predicted octanol–water partition coefficient (Wildman–Crippen LogP) is 2.89. The van der Waals surface area contributed by atoms with Crippen molar-refractivity contribution < 1.29 is 4.74 Å². The molecule has 0 fully saturated rings. The minimum Gasteiger partial charge on any atom is -0.496 e. The molecule has 2 rings (SSSR count). The number of para-hydroxylation sites is 1. The number of nitriles is 1. The number of benzene rings is 2. The van der Waals surface area contributed by atoms with Gasteiger partial charge in [-0.3, -0.25) is 5.43 Å². The van der Waals surface area contributed by atoms with Gasteiger partial charge in [0, 0.05) is 11.3 Å². The average Bonchev–Trinajstić information content (AvgIpc) is 2.56. The third-order valence-electron chi connectivity index (χ3n) is 2.78. The molecule has 0 aliphatic rings. The summed E-state index contributed by atoms with van der Waals surface area (Å²) in [6.45, 7) is 0. The molecule has 2 N–H and O–H groups in total. The normalized spacial score (nSPS) is 10.0. The Balaban J connectivity index is 1.92. The Morgan fingerprint density at radius 3 is 2.64 bits per heavy atom. The topological polar surface area (TPSA) is 69.4 Å². The number of hydrazone groups is 1. The van der Waals surface area contributed by atoms with Crippen LogP contribution in [-0.4, -0.2) is 18.4 Å². The number of nitrogens with zero attached hydrogens (tertiary/aromatic N) is 2. The summed E-state index contributed by atoms with van der Waals surface area (Å²) in [7, 11) is 1.61. The van der Waals surface area contributed by atoms with Gasteiger partial charge in [-0.2, -0.15) is 10.4 Å². The number of thiocarbonyl (C=S) groups is 1. The van der Waals surface area contributed by atoms with Crippen molar-refractivity contribution in [2.24, 2.45) is 5.10 Å². The fourth-order valence-corrected chi connectivity index (χ4v) is 1.89. The molecule has 5 nitrogen and oxygen atoms in total. The molecule has 0 unspecified atom stereocenters. The highest BCUT2D eigenvalue weighted by Crippen LogP contribution is 2.14. The molecule has 6 heteroatoms. The van der Waals surface area contributed by atoms with Gasteiger partial charge >= 0.3 is 0 Å². The molecule has 0 amide bonds. The van der Waals surface area contributed by atoms with Crippen molar-refractivity contribution in [1.29, 1.82) is 5.26 Å². The Bertz CT molecular complexity index is 720. The van der Waals surface area contributed by atoms with Crippen LogP contribution < -0.4 is 15.5 Å². The van der Waals surface area contributed by atoms with Crippen molar-refractivity contribution in [1.82, 2.24) is 5.43 Å². The van der Waals surface area contributed by atoms with Gasteiger partial charge in [-0.1, -0.05) is 12.1 Å². The standard InChI is InChI=1S/C16H14N4OS/c1-21-15-5-3-2-4-13(15)11-18-20-16(22)19-14-8-6-12(10-17)7-9-14/h2-9,11H,1H3,(H2,19,20,22). The number of hydrogen-bond acceptors (Lipinski definition) is 4. The van der Waals surface area contributed by atoms with E-state index in [2.05, 4.69) is 21.9 Å². The average molecular weight is 310 g/mol. The van der Waals surface area contributed by atoms with E-state index < -0.39 is 0 Å². The van der Waals surface area contributed by atoms with Crippen molar-refractivity contribution in [3.63, 3.8) is 0 Å². The Morgan fingerprint density at radius 2 is 1.95 bits per heavy atom. The first kappa shape index (κ1) is 15.5. The quantitative estimate of drug-likeness (QED) is 0.516. The molecule has 22 heavy (non-hydrogen) atoms. The second-order valence-corrected chi connectivity index (χ2v) is 4.66. The molecule has 0 saturated heterocycles. The van der Waals surface area contributed by atoms with Gasteiger partial charge in [0.2, 0.25) is 0 Å². The van der Waals surface area contributed by atoms with E-state index in [9.17, 15) is 0 Å². The fourth-order valence-electron chi connectivity index (χ4n) is 1.72. The van der Waals surface area contributed by atoms with Gasteiger partial charge in [0.05, 0.1) is 25.0 Å². The zero-order valence-corrected chi connectivity index (χ0v) is 12.7. The van der Waals surface area contributed by atoms with E-state index >= 15 is 0 Å². The summed E-state index contributed by atoms with van der Waals surface area (Å²) >= 11 is 5.14. The fraction of sp³-hybridized carbons (Fsp3) is 0.0625. The Hall–Kier alpha value is -2.91. The lowest BCUT2D eigenvalue weighted by molar-refractivity contribution is 0.414. The van der Waals surface area contributed by atoms with Crippen LogP contribution in [0.1, 0.15) is 11.1 Å². The SMILES string of the molecule is COc1ccccc1C=NNC(=S)Nc1ccc(C#N)cc1. The first-order valence-electron chi connectivity index (χ1n) is 6.46. The number of hydrogen-bond donors (Lipinski definition) is 2. The minimum absolute atomic E-state index is 0.357. The summed E-state index contributed by atoms with van der Waals surface area (Å²) in [6.07, 6.45) is 1.63. The number of anilines is 1. The van der Waals surface area contributed by atoms with Crippen LogP contribution in [0, 0.1) is 11.3 Å². The maximum atomic E-state index is 8.74. The molecule has 110 valence electrons. The molecule has 0 saturated carbocycles. The van der Waals surface area contributed by atoms with Gasteiger partial charge in [-0.05, 0) is 48.6 Å². The maximum absolute atomic E-state index is 8.74. The van der Waals surface area contributed by atoms with Crippen molar-refractivity contribution in [2.45, 2.75) is 0 Å². The molecule has 2 aromatic carbocycles. The van der Waals surface area contributed by atoms with E-state index in [4.69, 9.17) is 22.2 Å². The summed E-state index contributed by atoms with van der Waals surface area (Å²) in [4.78, 5) is 0. The highest BCUT2D eigenvalue weighted by atomic mass is 32.1. The number of nitrogens with one attached hydrogen (secondary N) is 2. The van der Waals surface area contributed by atoms with E-state index in [1.807, 2.05) is 24.3 Å². The van der Waals surface area contributed by atoms with Gasteiger partial charge in [0.1, 0.15) is 5.75 Å². The molecule has 0 spiro atoms. The van der Waals surface area contributed by atoms with E-state index in [0.29, 0.717) is 10.7 Å². The third-order valence-corrected chi connectivity index (χ3v) is 2.97. The van der Waals surface area contributed by atoms with Crippen molar-refractivity contribution in [3.8, 4) is 11.8 Å². The zero-order chi connectivity index (χ0) is 15.8. The van der Waals surface area contributed by atoms with Gasteiger partial charge in [0.15, 0.2) is 5.11 Å². The number of methoxy groups -OCH3 is 1. The van der Waals surface area contributed by atoms with Crippen molar-refractivity contribution in [2.75, 3.05) is 12.4 Å². The number of rotatable bonds is 4. The predicted molar refractivity (Wildman–Crippen MR) is 91.1 cm³/mol. The molecule has 0 atom stereocenters. The molecule has 0 heterocycles. The monoisotopic (exact) mass is 310 g/mol. The van der Waals surface area contributed by atoms with Crippen LogP contribution in [0.2, 0.25) is 0 Å². The lowest BCUT2D eigenvalue weighted by Crippen LogP contribution is -2.23. The number of ether oxygens (including phenoxy) is 1. The second-order valence-electron chi connectivity index (χ2n) is 4.26. The molecule has 0 bridgehead atoms. The molecule has 2 aromatic rings. The van der Waals surface area contributed by atoms with Crippen LogP contribution in [0.3, 0.4) is 0 Å². The Morgan fingerprint density at radius 1 is 1.23 bits per heavy atom. The van der Waals surface area contributed by atoms with Crippen LogP contribution in [0.15, 0.2) is 53.6 Å². The molecular formula is C16H14N4OS.